The van der Waals surface area contributed by atoms with E-state index in [4.69, 9.17) is 4.74 Å². The van der Waals surface area contributed by atoms with Crippen molar-refractivity contribution in [1.82, 2.24) is 9.47 Å². The quantitative estimate of drug-likeness (QED) is 0.715. The number of likely N-dealkylation sites (tertiary alicyclic amines) is 1. The fourth-order valence-electron chi connectivity index (χ4n) is 5.02. The maximum Gasteiger partial charge on any atom is 0.250 e. The summed E-state index contributed by atoms with van der Waals surface area (Å²) in [5.41, 5.74) is 2.61. The summed E-state index contributed by atoms with van der Waals surface area (Å²) < 4.78 is 7.68. The van der Waals surface area contributed by atoms with Crippen LogP contribution in [0.25, 0.3) is 10.8 Å². The molecule has 0 amide bonds. The van der Waals surface area contributed by atoms with E-state index >= 15 is 0 Å². The minimum absolute atomic E-state index is 0.145. The predicted octanol–water partition coefficient (Wildman–Crippen LogP) is 3.63. The zero-order valence-corrected chi connectivity index (χ0v) is 15.6. The molecule has 3 heterocycles. The second-order valence-electron chi connectivity index (χ2n) is 7.86. The van der Waals surface area contributed by atoms with Crippen molar-refractivity contribution >= 4 is 10.8 Å². The molecule has 2 aliphatic rings. The zero-order chi connectivity index (χ0) is 18.4. The molecule has 1 saturated heterocycles. The van der Waals surface area contributed by atoms with Crippen LogP contribution in [0.5, 0.6) is 5.75 Å². The van der Waals surface area contributed by atoms with Crippen molar-refractivity contribution in [3.05, 3.63) is 76.2 Å². The highest BCUT2D eigenvalue weighted by atomic mass is 16.5. The summed E-state index contributed by atoms with van der Waals surface area (Å²) in [5, 5.41) is 2.52. The van der Waals surface area contributed by atoms with E-state index in [1.807, 2.05) is 10.6 Å². The molecular formula is C23H24N2O2. The van der Waals surface area contributed by atoms with Gasteiger partial charge in [0.2, 0.25) is 0 Å². The molecule has 2 bridgehead atoms. The van der Waals surface area contributed by atoms with Gasteiger partial charge < -0.3 is 9.30 Å². The van der Waals surface area contributed by atoms with E-state index in [9.17, 15) is 4.79 Å². The SMILES string of the molecule is COc1ccc2ccccc2c1CN1C[C@H]2C[C@@H](C1)c1cccc(=O)n1C2. The van der Waals surface area contributed by atoms with Crippen molar-refractivity contribution in [2.45, 2.75) is 25.4 Å². The summed E-state index contributed by atoms with van der Waals surface area (Å²) in [4.78, 5) is 14.8. The topological polar surface area (TPSA) is 34.5 Å². The minimum Gasteiger partial charge on any atom is -0.496 e. The number of aromatic nitrogens is 1. The first-order chi connectivity index (χ1) is 13.2. The Morgan fingerprint density at radius 1 is 1.00 bits per heavy atom. The predicted molar refractivity (Wildman–Crippen MR) is 107 cm³/mol. The Hall–Kier alpha value is -2.59. The first kappa shape index (κ1) is 16.6. The van der Waals surface area contributed by atoms with Gasteiger partial charge in [-0.05, 0) is 35.2 Å². The number of fused-ring (bicyclic) bond motifs is 5. The van der Waals surface area contributed by atoms with Crippen LogP contribution < -0.4 is 10.3 Å². The Kier molecular flexibility index (Phi) is 4.01. The lowest BCUT2D eigenvalue weighted by Gasteiger charge is -2.43. The van der Waals surface area contributed by atoms with E-state index in [0.717, 1.165) is 31.9 Å². The summed E-state index contributed by atoms with van der Waals surface area (Å²) in [6.45, 7) is 3.75. The van der Waals surface area contributed by atoms with Crippen LogP contribution in [0, 0.1) is 5.92 Å². The lowest BCUT2D eigenvalue weighted by molar-refractivity contribution is 0.114. The highest BCUT2D eigenvalue weighted by Crippen LogP contribution is 2.37. The fourth-order valence-corrected chi connectivity index (χ4v) is 5.02. The summed E-state index contributed by atoms with van der Waals surface area (Å²) in [6.07, 6.45) is 1.19. The van der Waals surface area contributed by atoms with Crippen LogP contribution in [-0.2, 0) is 13.1 Å². The molecule has 27 heavy (non-hydrogen) atoms. The molecule has 4 heteroatoms. The summed E-state index contributed by atoms with van der Waals surface area (Å²) in [5.74, 6) is 1.94. The molecule has 138 valence electrons. The van der Waals surface area contributed by atoms with E-state index in [-0.39, 0.29) is 5.56 Å². The Balaban J connectivity index is 1.48. The van der Waals surface area contributed by atoms with Gasteiger partial charge in [0.1, 0.15) is 5.75 Å². The third kappa shape index (κ3) is 2.85. The van der Waals surface area contributed by atoms with Gasteiger partial charge in [-0.1, -0.05) is 36.4 Å². The number of piperidine rings is 1. The van der Waals surface area contributed by atoms with Crippen molar-refractivity contribution in [3.8, 4) is 5.75 Å². The minimum atomic E-state index is 0.145. The van der Waals surface area contributed by atoms with E-state index in [1.54, 1.807) is 13.2 Å². The van der Waals surface area contributed by atoms with Gasteiger partial charge in [0.05, 0.1) is 7.11 Å². The average Bonchev–Trinajstić information content (AvgIpc) is 2.69. The normalized spacial score (nSPS) is 21.8. The molecule has 1 aromatic heterocycles. The smallest absolute Gasteiger partial charge is 0.250 e. The maximum absolute atomic E-state index is 12.2. The van der Waals surface area contributed by atoms with E-state index in [0.29, 0.717) is 11.8 Å². The van der Waals surface area contributed by atoms with Crippen molar-refractivity contribution in [2.24, 2.45) is 5.92 Å². The Labute approximate surface area is 159 Å². The third-order valence-corrected chi connectivity index (χ3v) is 6.15. The van der Waals surface area contributed by atoms with E-state index in [1.165, 1.54) is 28.5 Å². The number of benzene rings is 2. The Bertz CT molecular complexity index is 1060. The van der Waals surface area contributed by atoms with Gasteiger partial charge in [-0.3, -0.25) is 9.69 Å². The second-order valence-corrected chi connectivity index (χ2v) is 7.86. The van der Waals surface area contributed by atoms with Crippen molar-refractivity contribution in [3.63, 3.8) is 0 Å². The molecule has 0 unspecified atom stereocenters. The zero-order valence-electron chi connectivity index (χ0n) is 15.6. The number of hydrogen-bond donors (Lipinski definition) is 0. The number of methoxy groups -OCH3 is 1. The lowest BCUT2D eigenvalue weighted by Crippen LogP contribution is -2.46. The molecule has 0 aliphatic carbocycles. The van der Waals surface area contributed by atoms with Gasteiger partial charge in [-0.15, -0.1) is 0 Å². The monoisotopic (exact) mass is 360 g/mol. The van der Waals surface area contributed by atoms with E-state index < -0.39 is 0 Å². The molecule has 2 atom stereocenters. The van der Waals surface area contributed by atoms with Crippen LogP contribution in [0.15, 0.2) is 59.4 Å². The number of rotatable bonds is 3. The number of hydrogen-bond acceptors (Lipinski definition) is 3. The standard InChI is InChI=1S/C23H24N2O2/c1-27-22-10-9-17-5-2-3-6-19(17)20(22)15-24-12-16-11-18(14-24)21-7-4-8-23(26)25(21)13-16/h2-10,16,18H,11-15H2,1H3/t16-,18+/m1/s1. The first-order valence-corrected chi connectivity index (χ1v) is 9.69. The number of nitrogens with zero attached hydrogens (tertiary/aromatic N) is 2. The summed E-state index contributed by atoms with van der Waals surface area (Å²) >= 11 is 0. The van der Waals surface area contributed by atoms with E-state index in [2.05, 4.69) is 47.4 Å². The molecular weight excluding hydrogens is 336 g/mol. The van der Waals surface area contributed by atoms with Gasteiger partial charge in [-0.2, -0.15) is 0 Å². The number of ether oxygens (including phenoxy) is 1. The molecule has 0 spiro atoms. The largest absolute Gasteiger partial charge is 0.496 e. The van der Waals surface area contributed by atoms with Crippen LogP contribution >= 0.6 is 0 Å². The second kappa shape index (κ2) is 6.54. The first-order valence-electron chi connectivity index (χ1n) is 9.69. The van der Waals surface area contributed by atoms with Crippen LogP contribution in [0.4, 0.5) is 0 Å². The van der Waals surface area contributed by atoms with Gasteiger partial charge >= 0.3 is 0 Å². The third-order valence-electron chi connectivity index (χ3n) is 6.15. The van der Waals surface area contributed by atoms with Gasteiger partial charge in [-0.25, -0.2) is 0 Å². The van der Waals surface area contributed by atoms with Crippen molar-refractivity contribution in [2.75, 3.05) is 20.2 Å². The van der Waals surface area contributed by atoms with Crippen LogP contribution in [0.1, 0.15) is 23.6 Å². The van der Waals surface area contributed by atoms with Crippen LogP contribution in [0.2, 0.25) is 0 Å². The van der Waals surface area contributed by atoms with Gasteiger partial charge in [0.15, 0.2) is 0 Å². The lowest BCUT2D eigenvalue weighted by atomic mass is 9.83. The maximum atomic E-state index is 12.2. The Morgan fingerprint density at radius 2 is 1.89 bits per heavy atom. The van der Waals surface area contributed by atoms with Crippen molar-refractivity contribution < 1.29 is 4.74 Å². The van der Waals surface area contributed by atoms with Crippen molar-refractivity contribution in [1.29, 1.82) is 0 Å². The molecule has 3 aromatic rings. The highest BCUT2D eigenvalue weighted by molar-refractivity contribution is 5.87. The highest BCUT2D eigenvalue weighted by Gasteiger charge is 2.34. The molecule has 0 N–H and O–H groups in total. The summed E-state index contributed by atoms with van der Waals surface area (Å²) in [6, 6.07) is 18.5. The summed E-state index contributed by atoms with van der Waals surface area (Å²) in [7, 11) is 1.75. The molecule has 0 radical (unpaired) electrons. The molecule has 0 saturated carbocycles. The van der Waals surface area contributed by atoms with Crippen LogP contribution in [0.3, 0.4) is 0 Å². The van der Waals surface area contributed by atoms with Crippen LogP contribution in [-0.4, -0.2) is 29.7 Å². The van der Waals surface area contributed by atoms with Gasteiger partial charge in [0, 0.05) is 49.4 Å². The molecule has 2 aromatic carbocycles. The molecule has 2 aliphatic heterocycles. The molecule has 5 rings (SSSR count). The average molecular weight is 360 g/mol. The molecule has 4 nitrogen and oxygen atoms in total. The van der Waals surface area contributed by atoms with Gasteiger partial charge in [0.25, 0.3) is 5.56 Å². The number of pyridine rings is 1. The molecule has 1 fully saturated rings. The fraction of sp³-hybridized carbons (Fsp3) is 0.348. The Morgan fingerprint density at radius 3 is 2.78 bits per heavy atom.